The van der Waals surface area contributed by atoms with Crippen molar-refractivity contribution in [2.24, 2.45) is 0 Å². The Hall–Kier alpha value is -4.00. The maximum atomic E-state index is 12.6. The molecule has 0 unspecified atom stereocenters. The van der Waals surface area contributed by atoms with Gasteiger partial charge in [0.1, 0.15) is 11.6 Å². The van der Waals surface area contributed by atoms with Crippen LogP contribution in [0.25, 0.3) is 17.0 Å². The number of aromatic hydroxyl groups is 2. The molecule has 0 aliphatic rings. The molecule has 8 nitrogen and oxygen atoms in total. The molecule has 2 aromatic rings. The van der Waals surface area contributed by atoms with E-state index in [9.17, 15) is 25.1 Å². The number of hydrogen-bond donors (Lipinski definition) is 2. The molecule has 2 heterocycles. The standard InChI is InChI=1S/C21H20N4O4/c1-6-24-18(26)14(12(3)16(11-22)20(24)28)9-8-10-15-13(4)17(23-5)21(29)25(7-2)19(15)27/h9-10,26,29H,6-7H2,1-4H3. The van der Waals surface area contributed by atoms with Gasteiger partial charge in [-0.3, -0.25) is 18.7 Å². The summed E-state index contributed by atoms with van der Waals surface area (Å²) in [5.41, 5.74) is 2.65. The molecule has 0 spiro atoms. The predicted molar refractivity (Wildman–Crippen MR) is 109 cm³/mol. The van der Waals surface area contributed by atoms with Crippen molar-refractivity contribution in [2.45, 2.75) is 40.8 Å². The second-order valence-corrected chi connectivity index (χ2v) is 6.23. The molecule has 0 saturated carbocycles. The summed E-state index contributed by atoms with van der Waals surface area (Å²) in [6.45, 7) is 14.0. The number of pyridine rings is 2. The van der Waals surface area contributed by atoms with Crippen molar-refractivity contribution in [1.82, 2.24) is 9.13 Å². The van der Waals surface area contributed by atoms with E-state index < -0.39 is 11.1 Å². The molecule has 0 aliphatic heterocycles. The van der Waals surface area contributed by atoms with Crippen LogP contribution >= 0.6 is 0 Å². The van der Waals surface area contributed by atoms with Crippen LogP contribution in [0.3, 0.4) is 0 Å². The normalized spacial score (nSPS) is 10.0. The molecule has 0 radical (unpaired) electrons. The van der Waals surface area contributed by atoms with Crippen molar-refractivity contribution in [1.29, 1.82) is 5.26 Å². The zero-order chi connectivity index (χ0) is 21.9. The monoisotopic (exact) mass is 392 g/mol. The zero-order valence-corrected chi connectivity index (χ0v) is 16.6. The summed E-state index contributed by atoms with van der Waals surface area (Å²) in [4.78, 5) is 28.1. The molecule has 0 aliphatic carbocycles. The fourth-order valence-electron chi connectivity index (χ4n) is 3.07. The number of nitrogens with zero attached hydrogens (tertiary/aromatic N) is 4. The van der Waals surface area contributed by atoms with Crippen molar-refractivity contribution < 1.29 is 10.2 Å². The first kappa shape index (κ1) is 21.3. The number of hydrogen-bond acceptors (Lipinski definition) is 5. The minimum atomic E-state index is -0.576. The van der Waals surface area contributed by atoms with E-state index in [0.29, 0.717) is 11.1 Å². The van der Waals surface area contributed by atoms with Gasteiger partial charge >= 0.3 is 0 Å². The van der Waals surface area contributed by atoms with E-state index in [1.54, 1.807) is 27.7 Å². The Morgan fingerprint density at radius 3 is 2.07 bits per heavy atom. The fourth-order valence-corrected chi connectivity index (χ4v) is 3.07. The fraction of sp³-hybridized carbons (Fsp3) is 0.286. The SMILES string of the molecule is [C-]#[N+]c1c(C)c(C=C=Cc2c(C)c(C#N)c(=O)n(CC)c2O)c(=O)n(CC)c1O. The lowest BCUT2D eigenvalue weighted by Gasteiger charge is -2.12. The van der Waals surface area contributed by atoms with Crippen LogP contribution in [0.5, 0.6) is 11.8 Å². The van der Waals surface area contributed by atoms with Crippen LogP contribution in [0.2, 0.25) is 0 Å². The smallest absolute Gasteiger partial charge is 0.271 e. The Labute approximate surface area is 167 Å². The molecule has 2 aromatic heterocycles. The molecule has 2 N–H and O–H groups in total. The molecule has 0 saturated heterocycles. The Bertz CT molecular complexity index is 1260. The summed E-state index contributed by atoms with van der Waals surface area (Å²) >= 11 is 0. The van der Waals surface area contributed by atoms with Gasteiger partial charge in [-0.2, -0.15) is 5.26 Å². The quantitative estimate of drug-likeness (QED) is 0.614. The molecular formula is C21H20N4O4. The molecule has 0 bridgehead atoms. The van der Waals surface area contributed by atoms with Gasteiger partial charge in [-0.15, -0.1) is 5.73 Å². The van der Waals surface area contributed by atoms with Gasteiger partial charge in [0.2, 0.25) is 11.6 Å². The third kappa shape index (κ3) is 3.45. The maximum absolute atomic E-state index is 12.6. The van der Waals surface area contributed by atoms with E-state index in [2.05, 4.69) is 10.6 Å². The Morgan fingerprint density at radius 2 is 1.55 bits per heavy atom. The third-order valence-corrected chi connectivity index (χ3v) is 4.75. The van der Waals surface area contributed by atoms with Gasteiger partial charge < -0.3 is 10.2 Å². The second-order valence-electron chi connectivity index (χ2n) is 6.23. The van der Waals surface area contributed by atoms with E-state index in [0.717, 1.165) is 9.13 Å². The van der Waals surface area contributed by atoms with Crippen LogP contribution in [-0.4, -0.2) is 19.3 Å². The Morgan fingerprint density at radius 1 is 1.00 bits per heavy atom. The molecule has 8 heteroatoms. The summed E-state index contributed by atoms with van der Waals surface area (Å²) in [6.07, 6.45) is 2.72. The Kier molecular flexibility index (Phi) is 6.13. The van der Waals surface area contributed by atoms with E-state index in [-0.39, 0.29) is 47.2 Å². The molecule has 0 fully saturated rings. The van der Waals surface area contributed by atoms with E-state index in [1.807, 2.05) is 6.07 Å². The van der Waals surface area contributed by atoms with Gasteiger partial charge in [-0.05, 0) is 51.0 Å². The summed E-state index contributed by atoms with van der Waals surface area (Å²) in [7, 11) is 0. The topological polar surface area (TPSA) is 113 Å². The van der Waals surface area contributed by atoms with E-state index in [4.69, 9.17) is 6.57 Å². The average molecular weight is 392 g/mol. The lowest BCUT2D eigenvalue weighted by atomic mass is 10.0. The van der Waals surface area contributed by atoms with Crippen molar-refractivity contribution in [3.63, 3.8) is 0 Å². The molecule has 148 valence electrons. The number of nitriles is 1. The highest BCUT2D eigenvalue weighted by atomic mass is 16.3. The molecule has 0 amide bonds. The average Bonchev–Trinajstić information content (AvgIpc) is 2.68. The molecule has 29 heavy (non-hydrogen) atoms. The molecular weight excluding hydrogens is 372 g/mol. The largest absolute Gasteiger partial charge is 0.503 e. The zero-order valence-electron chi connectivity index (χ0n) is 16.6. The van der Waals surface area contributed by atoms with Crippen LogP contribution in [0.1, 0.15) is 41.7 Å². The van der Waals surface area contributed by atoms with Crippen LogP contribution < -0.4 is 11.1 Å². The molecule has 0 atom stereocenters. The minimum absolute atomic E-state index is 0.0233. The van der Waals surface area contributed by atoms with Crippen LogP contribution in [0, 0.1) is 31.8 Å². The first-order valence-corrected chi connectivity index (χ1v) is 8.87. The van der Waals surface area contributed by atoms with Gasteiger partial charge in [0, 0.05) is 24.2 Å². The number of aromatic nitrogens is 2. The van der Waals surface area contributed by atoms with Gasteiger partial charge in [-0.1, -0.05) is 0 Å². The van der Waals surface area contributed by atoms with Crippen molar-refractivity contribution in [3.8, 4) is 17.8 Å². The lowest BCUT2D eigenvalue weighted by molar-refractivity contribution is 0.409. The summed E-state index contributed by atoms with van der Waals surface area (Å²) < 4.78 is 2.16. The third-order valence-electron chi connectivity index (χ3n) is 4.75. The first-order valence-electron chi connectivity index (χ1n) is 8.87. The molecule has 0 aromatic carbocycles. The van der Waals surface area contributed by atoms with Crippen LogP contribution in [0.4, 0.5) is 5.69 Å². The van der Waals surface area contributed by atoms with Gasteiger partial charge in [0.25, 0.3) is 11.1 Å². The van der Waals surface area contributed by atoms with Gasteiger partial charge in [0.05, 0.1) is 6.57 Å². The highest BCUT2D eigenvalue weighted by molar-refractivity contribution is 5.70. The maximum Gasteiger partial charge on any atom is 0.271 e. The van der Waals surface area contributed by atoms with E-state index >= 15 is 0 Å². The minimum Gasteiger partial charge on any atom is -0.503 e. The summed E-state index contributed by atoms with van der Waals surface area (Å²) in [5.74, 6) is -0.682. The van der Waals surface area contributed by atoms with Crippen molar-refractivity contribution in [2.75, 3.05) is 0 Å². The summed E-state index contributed by atoms with van der Waals surface area (Å²) in [5, 5.41) is 29.8. The predicted octanol–water partition coefficient (Wildman–Crippen LogP) is 2.83. The van der Waals surface area contributed by atoms with E-state index in [1.165, 1.54) is 12.2 Å². The van der Waals surface area contributed by atoms with Crippen molar-refractivity contribution in [3.05, 3.63) is 65.7 Å². The number of rotatable bonds is 4. The first-order chi connectivity index (χ1) is 13.7. The van der Waals surface area contributed by atoms with Crippen LogP contribution in [-0.2, 0) is 13.1 Å². The Balaban J connectivity index is 2.78. The van der Waals surface area contributed by atoms with Crippen molar-refractivity contribution >= 4 is 17.8 Å². The van der Waals surface area contributed by atoms with Crippen LogP contribution in [0.15, 0.2) is 15.3 Å². The highest BCUT2D eigenvalue weighted by Gasteiger charge is 2.18. The van der Waals surface area contributed by atoms with Gasteiger partial charge in [0.15, 0.2) is 5.88 Å². The molecule has 2 rings (SSSR count). The highest BCUT2D eigenvalue weighted by Crippen LogP contribution is 2.31. The lowest BCUT2D eigenvalue weighted by Crippen LogP contribution is -2.24. The summed E-state index contributed by atoms with van der Waals surface area (Å²) in [6, 6.07) is 1.85. The van der Waals surface area contributed by atoms with Gasteiger partial charge in [-0.25, -0.2) is 4.85 Å². The second kappa shape index (κ2) is 8.35.